The zero-order valence-electron chi connectivity index (χ0n) is 14.0. The second-order valence-corrected chi connectivity index (χ2v) is 6.45. The van der Waals surface area contributed by atoms with E-state index in [0.717, 1.165) is 37.4 Å². The first-order chi connectivity index (χ1) is 11.6. The number of likely N-dealkylation sites (tertiary alicyclic amines) is 1. The summed E-state index contributed by atoms with van der Waals surface area (Å²) in [6, 6.07) is 12.6. The van der Waals surface area contributed by atoms with Crippen molar-refractivity contribution >= 4 is 5.82 Å². The van der Waals surface area contributed by atoms with Gasteiger partial charge in [0.05, 0.1) is 6.10 Å². The molecule has 5 heteroatoms. The number of rotatable bonds is 5. The lowest BCUT2D eigenvalue weighted by Gasteiger charge is -2.33. The zero-order chi connectivity index (χ0) is 16.9. The Kier molecular flexibility index (Phi) is 5.43. The lowest BCUT2D eigenvalue weighted by molar-refractivity contribution is 0.0989. The number of β-amino-alcohol motifs (C(OH)–C–C–N with tert-alkyl or cyclic N) is 1. The van der Waals surface area contributed by atoms with Crippen LogP contribution in [0.4, 0.5) is 10.2 Å². The Balaban J connectivity index is 1.48. The Hall–Kier alpha value is -1.98. The Bertz CT molecular complexity index is 671. The van der Waals surface area contributed by atoms with E-state index in [4.69, 9.17) is 0 Å². The second kappa shape index (κ2) is 7.73. The number of hydrogen-bond acceptors (Lipinski definition) is 4. The number of aromatic nitrogens is 1. The third-order valence-electron chi connectivity index (χ3n) is 4.49. The van der Waals surface area contributed by atoms with Gasteiger partial charge in [-0.25, -0.2) is 9.37 Å². The van der Waals surface area contributed by atoms with Crippen LogP contribution in [-0.4, -0.2) is 40.7 Å². The van der Waals surface area contributed by atoms with Gasteiger partial charge >= 0.3 is 0 Å². The van der Waals surface area contributed by atoms with E-state index in [9.17, 15) is 9.50 Å². The average Bonchev–Trinajstić information content (AvgIpc) is 2.57. The monoisotopic (exact) mass is 329 g/mol. The van der Waals surface area contributed by atoms with Gasteiger partial charge in [0, 0.05) is 31.4 Å². The van der Waals surface area contributed by atoms with Crippen molar-refractivity contribution < 1.29 is 9.50 Å². The van der Waals surface area contributed by atoms with Crippen molar-refractivity contribution in [3.63, 3.8) is 0 Å². The van der Waals surface area contributed by atoms with Gasteiger partial charge in [-0.3, -0.25) is 0 Å². The van der Waals surface area contributed by atoms with Crippen molar-refractivity contribution in [2.45, 2.75) is 31.9 Å². The third-order valence-corrected chi connectivity index (χ3v) is 4.49. The maximum Gasteiger partial charge on any atom is 0.126 e. The zero-order valence-corrected chi connectivity index (χ0v) is 14.0. The van der Waals surface area contributed by atoms with Crippen LogP contribution in [0.15, 0.2) is 42.5 Å². The molecule has 24 heavy (non-hydrogen) atoms. The van der Waals surface area contributed by atoms with Crippen molar-refractivity contribution in [3.05, 3.63) is 59.5 Å². The van der Waals surface area contributed by atoms with E-state index < -0.39 is 6.10 Å². The molecule has 0 spiro atoms. The number of pyridine rings is 1. The largest absolute Gasteiger partial charge is 0.387 e. The van der Waals surface area contributed by atoms with Crippen molar-refractivity contribution in [2.24, 2.45) is 0 Å². The number of piperidine rings is 1. The van der Waals surface area contributed by atoms with E-state index in [2.05, 4.69) is 15.2 Å². The lowest BCUT2D eigenvalue weighted by atomic mass is 10.0. The van der Waals surface area contributed by atoms with Gasteiger partial charge in [-0.2, -0.15) is 0 Å². The standard InChI is InChI=1S/C19H24FN3O/c1-14-4-2-7-19(21-14)22-17-8-10-23(11-9-17)13-18(24)15-5-3-6-16(20)12-15/h2-7,12,17-18,24H,8-11,13H2,1H3,(H,21,22)/t18-/m1/s1. The fraction of sp³-hybridized carbons (Fsp3) is 0.421. The molecular weight excluding hydrogens is 305 g/mol. The minimum Gasteiger partial charge on any atom is -0.387 e. The van der Waals surface area contributed by atoms with Gasteiger partial charge in [-0.15, -0.1) is 0 Å². The highest BCUT2D eigenvalue weighted by molar-refractivity contribution is 5.36. The van der Waals surface area contributed by atoms with Crippen LogP contribution in [0.25, 0.3) is 0 Å². The highest BCUT2D eigenvalue weighted by atomic mass is 19.1. The normalized spacial score (nSPS) is 17.6. The number of anilines is 1. The SMILES string of the molecule is Cc1cccc(NC2CCN(C[C@@H](O)c3cccc(F)c3)CC2)n1. The van der Waals surface area contributed by atoms with Crippen LogP contribution in [0, 0.1) is 12.7 Å². The van der Waals surface area contributed by atoms with Crippen molar-refractivity contribution in [1.29, 1.82) is 0 Å². The van der Waals surface area contributed by atoms with Gasteiger partial charge in [0.2, 0.25) is 0 Å². The summed E-state index contributed by atoms with van der Waals surface area (Å²) in [5, 5.41) is 13.8. The van der Waals surface area contributed by atoms with Crippen LogP contribution in [-0.2, 0) is 0 Å². The molecule has 1 aromatic heterocycles. The molecule has 0 saturated carbocycles. The van der Waals surface area contributed by atoms with Gasteiger partial charge in [-0.1, -0.05) is 18.2 Å². The molecule has 1 aromatic carbocycles. The van der Waals surface area contributed by atoms with E-state index in [0.29, 0.717) is 18.2 Å². The maximum atomic E-state index is 13.3. The predicted octanol–water partition coefficient (Wildman–Crippen LogP) is 3.14. The molecule has 0 bridgehead atoms. The quantitative estimate of drug-likeness (QED) is 0.885. The lowest BCUT2D eigenvalue weighted by Crippen LogP contribution is -2.41. The van der Waals surface area contributed by atoms with Gasteiger partial charge in [0.1, 0.15) is 11.6 Å². The molecule has 2 heterocycles. The summed E-state index contributed by atoms with van der Waals surface area (Å²) in [5.74, 6) is 0.619. The van der Waals surface area contributed by atoms with Gasteiger partial charge < -0.3 is 15.3 Å². The number of halogens is 1. The summed E-state index contributed by atoms with van der Waals surface area (Å²) in [7, 11) is 0. The van der Waals surface area contributed by atoms with Gasteiger partial charge in [-0.05, 0) is 49.6 Å². The summed E-state index contributed by atoms with van der Waals surface area (Å²) in [5.41, 5.74) is 1.65. The molecule has 1 atom stereocenters. The summed E-state index contributed by atoms with van der Waals surface area (Å²) in [6.45, 7) is 4.35. The van der Waals surface area contributed by atoms with E-state index in [1.54, 1.807) is 12.1 Å². The Morgan fingerprint density at radius 1 is 1.25 bits per heavy atom. The molecule has 128 valence electrons. The van der Waals surface area contributed by atoms with E-state index in [1.807, 2.05) is 25.1 Å². The fourth-order valence-corrected chi connectivity index (χ4v) is 3.16. The molecule has 1 aliphatic rings. The maximum absolute atomic E-state index is 13.3. The van der Waals surface area contributed by atoms with Crippen LogP contribution in [0.3, 0.4) is 0 Å². The molecule has 1 aliphatic heterocycles. The number of hydrogen-bond donors (Lipinski definition) is 2. The highest BCUT2D eigenvalue weighted by Gasteiger charge is 2.21. The first kappa shape index (κ1) is 16.9. The molecule has 2 N–H and O–H groups in total. The number of aryl methyl sites for hydroxylation is 1. The summed E-state index contributed by atoms with van der Waals surface area (Å²) < 4.78 is 13.3. The summed E-state index contributed by atoms with van der Waals surface area (Å²) in [6.07, 6.45) is 1.36. The average molecular weight is 329 g/mol. The molecule has 3 rings (SSSR count). The van der Waals surface area contributed by atoms with Crippen molar-refractivity contribution in [3.8, 4) is 0 Å². The van der Waals surface area contributed by atoms with Crippen molar-refractivity contribution in [2.75, 3.05) is 25.0 Å². The molecule has 1 saturated heterocycles. The smallest absolute Gasteiger partial charge is 0.126 e. The van der Waals surface area contributed by atoms with Crippen LogP contribution >= 0.6 is 0 Å². The topological polar surface area (TPSA) is 48.4 Å². The van der Waals surface area contributed by atoms with Crippen molar-refractivity contribution in [1.82, 2.24) is 9.88 Å². The number of aliphatic hydroxyl groups excluding tert-OH is 1. The van der Waals surface area contributed by atoms with Gasteiger partial charge in [0.15, 0.2) is 0 Å². The number of nitrogens with one attached hydrogen (secondary N) is 1. The molecule has 0 amide bonds. The molecule has 2 aromatic rings. The van der Waals surface area contributed by atoms with Crippen LogP contribution in [0.1, 0.15) is 30.2 Å². The molecule has 4 nitrogen and oxygen atoms in total. The second-order valence-electron chi connectivity index (χ2n) is 6.45. The highest BCUT2D eigenvalue weighted by Crippen LogP contribution is 2.20. The minimum atomic E-state index is -0.649. The van der Waals surface area contributed by atoms with E-state index in [-0.39, 0.29) is 5.82 Å². The summed E-state index contributed by atoms with van der Waals surface area (Å²) in [4.78, 5) is 6.72. The first-order valence-corrected chi connectivity index (χ1v) is 8.46. The first-order valence-electron chi connectivity index (χ1n) is 8.46. The molecule has 0 radical (unpaired) electrons. The van der Waals surface area contributed by atoms with E-state index in [1.165, 1.54) is 12.1 Å². The minimum absolute atomic E-state index is 0.305. The van der Waals surface area contributed by atoms with Crippen LogP contribution in [0.5, 0.6) is 0 Å². The summed E-state index contributed by atoms with van der Waals surface area (Å²) >= 11 is 0. The Morgan fingerprint density at radius 2 is 2.00 bits per heavy atom. The van der Waals surface area contributed by atoms with Crippen LogP contribution < -0.4 is 5.32 Å². The Labute approximate surface area is 142 Å². The predicted molar refractivity (Wildman–Crippen MR) is 93.4 cm³/mol. The van der Waals surface area contributed by atoms with Crippen LogP contribution in [0.2, 0.25) is 0 Å². The molecule has 1 fully saturated rings. The number of nitrogens with zero attached hydrogens (tertiary/aromatic N) is 2. The fourth-order valence-electron chi connectivity index (χ4n) is 3.16. The van der Waals surface area contributed by atoms with Gasteiger partial charge in [0.25, 0.3) is 0 Å². The third kappa shape index (κ3) is 4.52. The Morgan fingerprint density at radius 3 is 2.71 bits per heavy atom. The number of benzene rings is 1. The van der Waals surface area contributed by atoms with E-state index >= 15 is 0 Å². The molecule has 0 aliphatic carbocycles. The molecular formula is C19H24FN3O. The number of aliphatic hydroxyl groups is 1. The molecule has 0 unspecified atom stereocenters.